The number of Topliss-reactive ketones (excluding diaryl/α,β-unsaturated/α-hetero) is 1. The van der Waals surface area contributed by atoms with E-state index < -0.39 is 0 Å². The molecule has 4 nitrogen and oxygen atoms in total. The molecule has 0 N–H and O–H groups in total. The molecule has 5 rings (SSSR count). The van der Waals surface area contributed by atoms with Crippen molar-refractivity contribution in [3.63, 3.8) is 0 Å². The smallest absolute Gasteiger partial charge is 0.231 e. The van der Waals surface area contributed by atoms with Crippen molar-refractivity contribution in [2.45, 2.75) is 43.6 Å². The van der Waals surface area contributed by atoms with Crippen LogP contribution in [0.5, 0.6) is 11.5 Å². The Morgan fingerprint density at radius 2 is 2.05 bits per heavy atom. The summed E-state index contributed by atoms with van der Waals surface area (Å²) in [6.45, 7) is 2.53. The Labute approximate surface area is 124 Å². The topological polar surface area (TPSA) is 38.8 Å². The Hall–Kier alpha value is -1.55. The first-order chi connectivity index (χ1) is 10.3. The van der Waals surface area contributed by atoms with E-state index in [1.807, 2.05) is 0 Å². The van der Waals surface area contributed by atoms with Gasteiger partial charge in [-0.05, 0) is 49.1 Å². The van der Waals surface area contributed by atoms with Crippen LogP contribution in [0.2, 0.25) is 0 Å². The lowest BCUT2D eigenvalue weighted by atomic mass is 9.79. The second-order valence-corrected chi connectivity index (χ2v) is 6.82. The number of ether oxygens (including phenoxy) is 2. The third-order valence-electron chi connectivity index (χ3n) is 5.91. The predicted molar refractivity (Wildman–Crippen MR) is 76.8 cm³/mol. The lowest BCUT2D eigenvalue weighted by Crippen LogP contribution is -2.45. The average molecular weight is 285 g/mol. The Balaban J connectivity index is 1.69. The molecule has 2 atom stereocenters. The van der Waals surface area contributed by atoms with Crippen molar-refractivity contribution in [3.8, 4) is 11.5 Å². The number of hydrogen-bond acceptors (Lipinski definition) is 4. The van der Waals surface area contributed by atoms with Gasteiger partial charge in [0, 0.05) is 30.8 Å². The van der Waals surface area contributed by atoms with Crippen molar-refractivity contribution in [3.05, 3.63) is 23.3 Å². The van der Waals surface area contributed by atoms with Crippen LogP contribution in [0.1, 0.15) is 42.7 Å². The summed E-state index contributed by atoms with van der Waals surface area (Å²) in [5.74, 6) is 2.50. The molecule has 2 fully saturated rings. The standard InChI is InChI=1S/C17H19NO3/c19-12-7-14-13-8-16-15(20-10-21-16)6-11(13)2-5-18-4-1-3-17(14,18)9-12/h6,8,14H,1-5,7,9-10H2/t14-,17-/m0/s1. The van der Waals surface area contributed by atoms with E-state index in [1.54, 1.807) is 0 Å². The Bertz CT molecular complexity index is 641. The van der Waals surface area contributed by atoms with Crippen LogP contribution in [0.4, 0.5) is 0 Å². The molecule has 4 aliphatic rings. The van der Waals surface area contributed by atoms with Gasteiger partial charge in [-0.3, -0.25) is 9.69 Å². The molecule has 3 heterocycles. The van der Waals surface area contributed by atoms with Gasteiger partial charge in [-0.2, -0.15) is 0 Å². The predicted octanol–water partition coefficient (Wildman–Crippen LogP) is 2.25. The van der Waals surface area contributed by atoms with Crippen LogP contribution in [0.15, 0.2) is 12.1 Å². The number of rotatable bonds is 0. The highest BCUT2D eigenvalue weighted by Gasteiger charge is 2.54. The maximum absolute atomic E-state index is 12.2. The Morgan fingerprint density at radius 3 is 2.95 bits per heavy atom. The zero-order valence-electron chi connectivity index (χ0n) is 12.1. The summed E-state index contributed by atoms with van der Waals surface area (Å²) in [5, 5.41) is 0. The van der Waals surface area contributed by atoms with Crippen molar-refractivity contribution in [2.75, 3.05) is 19.9 Å². The van der Waals surface area contributed by atoms with Crippen LogP contribution >= 0.6 is 0 Å². The van der Waals surface area contributed by atoms with E-state index in [0.717, 1.165) is 43.9 Å². The molecule has 1 spiro atoms. The SMILES string of the molecule is O=C1C[C@H]2c3cc4c(cc3CCN3CCC[C@]23C1)OCO4. The summed E-state index contributed by atoms with van der Waals surface area (Å²) in [6, 6.07) is 4.31. The molecule has 0 aromatic heterocycles. The number of ketones is 1. The van der Waals surface area contributed by atoms with Gasteiger partial charge in [0.2, 0.25) is 6.79 Å². The van der Waals surface area contributed by atoms with Gasteiger partial charge in [0.05, 0.1) is 0 Å². The van der Waals surface area contributed by atoms with E-state index in [4.69, 9.17) is 9.47 Å². The first kappa shape index (κ1) is 12.0. The van der Waals surface area contributed by atoms with Gasteiger partial charge in [0.1, 0.15) is 5.78 Å². The highest BCUT2D eigenvalue weighted by Crippen LogP contribution is 2.54. The molecule has 4 heteroatoms. The lowest BCUT2D eigenvalue weighted by molar-refractivity contribution is -0.118. The molecule has 0 radical (unpaired) electrons. The van der Waals surface area contributed by atoms with Gasteiger partial charge in [-0.15, -0.1) is 0 Å². The number of fused-ring (bicyclic) bond motifs is 3. The van der Waals surface area contributed by atoms with E-state index in [9.17, 15) is 4.79 Å². The first-order valence-corrected chi connectivity index (χ1v) is 7.95. The van der Waals surface area contributed by atoms with Crippen molar-refractivity contribution >= 4 is 5.78 Å². The van der Waals surface area contributed by atoms with E-state index >= 15 is 0 Å². The van der Waals surface area contributed by atoms with Crippen LogP contribution < -0.4 is 9.47 Å². The van der Waals surface area contributed by atoms with Crippen molar-refractivity contribution in [1.82, 2.24) is 4.90 Å². The Morgan fingerprint density at radius 1 is 1.19 bits per heavy atom. The highest BCUT2D eigenvalue weighted by atomic mass is 16.7. The van der Waals surface area contributed by atoms with Gasteiger partial charge >= 0.3 is 0 Å². The van der Waals surface area contributed by atoms with E-state index in [-0.39, 0.29) is 5.54 Å². The third kappa shape index (κ3) is 1.51. The molecule has 3 aliphatic heterocycles. The minimum Gasteiger partial charge on any atom is -0.454 e. The molecular weight excluding hydrogens is 266 g/mol. The van der Waals surface area contributed by atoms with Crippen LogP contribution in [0.3, 0.4) is 0 Å². The van der Waals surface area contributed by atoms with Crippen molar-refractivity contribution in [2.24, 2.45) is 0 Å². The molecule has 1 aromatic carbocycles. The van der Waals surface area contributed by atoms with Crippen LogP contribution in [-0.2, 0) is 11.2 Å². The molecular formula is C17H19NO3. The molecule has 1 saturated carbocycles. The minimum absolute atomic E-state index is 0.0933. The average Bonchev–Trinajstić information content (AvgIpc) is 3.14. The molecule has 1 saturated heterocycles. The monoisotopic (exact) mass is 285 g/mol. The zero-order chi connectivity index (χ0) is 14.0. The van der Waals surface area contributed by atoms with Gasteiger partial charge in [-0.1, -0.05) is 0 Å². The fourth-order valence-corrected chi connectivity index (χ4v) is 5.04. The summed E-state index contributed by atoms with van der Waals surface area (Å²) in [7, 11) is 0. The number of carbonyl (C=O) groups is 1. The number of benzene rings is 1. The zero-order valence-corrected chi connectivity index (χ0v) is 12.1. The largest absolute Gasteiger partial charge is 0.454 e. The molecule has 0 unspecified atom stereocenters. The highest BCUT2D eigenvalue weighted by molar-refractivity contribution is 5.84. The van der Waals surface area contributed by atoms with Crippen LogP contribution in [0.25, 0.3) is 0 Å². The molecule has 0 bridgehead atoms. The third-order valence-corrected chi connectivity index (χ3v) is 5.91. The molecule has 1 aromatic rings. The molecule has 1 aliphatic carbocycles. The molecule has 21 heavy (non-hydrogen) atoms. The fraction of sp³-hybridized carbons (Fsp3) is 0.588. The fourth-order valence-electron chi connectivity index (χ4n) is 5.04. The summed E-state index contributed by atoms with van der Waals surface area (Å²) >= 11 is 0. The quantitative estimate of drug-likeness (QED) is 0.733. The number of carbonyl (C=O) groups excluding carboxylic acids is 1. The molecule has 0 amide bonds. The van der Waals surface area contributed by atoms with Crippen LogP contribution in [-0.4, -0.2) is 36.1 Å². The van der Waals surface area contributed by atoms with E-state index in [0.29, 0.717) is 24.9 Å². The van der Waals surface area contributed by atoms with E-state index in [2.05, 4.69) is 17.0 Å². The summed E-state index contributed by atoms with van der Waals surface area (Å²) < 4.78 is 11.1. The lowest BCUT2D eigenvalue weighted by Gasteiger charge is -2.38. The molecule has 110 valence electrons. The van der Waals surface area contributed by atoms with Gasteiger partial charge in [0.15, 0.2) is 11.5 Å². The van der Waals surface area contributed by atoms with Gasteiger partial charge in [-0.25, -0.2) is 0 Å². The van der Waals surface area contributed by atoms with E-state index in [1.165, 1.54) is 17.5 Å². The van der Waals surface area contributed by atoms with Gasteiger partial charge in [0.25, 0.3) is 0 Å². The second kappa shape index (κ2) is 4.01. The normalized spacial score (nSPS) is 33.5. The minimum atomic E-state index is 0.0933. The number of nitrogens with zero attached hydrogens (tertiary/aromatic N) is 1. The first-order valence-electron chi connectivity index (χ1n) is 7.95. The maximum atomic E-state index is 12.2. The number of hydrogen-bond donors (Lipinski definition) is 0. The van der Waals surface area contributed by atoms with Crippen molar-refractivity contribution in [1.29, 1.82) is 0 Å². The van der Waals surface area contributed by atoms with Crippen LogP contribution in [0, 0.1) is 0 Å². The summed E-state index contributed by atoms with van der Waals surface area (Å²) in [5.41, 5.74) is 2.79. The van der Waals surface area contributed by atoms with Crippen molar-refractivity contribution < 1.29 is 14.3 Å². The maximum Gasteiger partial charge on any atom is 0.231 e. The summed E-state index contributed by atoms with van der Waals surface area (Å²) in [6.07, 6.45) is 4.88. The second-order valence-electron chi connectivity index (χ2n) is 6.82. The Kier molecular flexibility index (Phi) is 2.30. The van der Waals surface area contributed by atoms with Gasteiger partial charge < -0.3 is 9.47 Å². The summed E-state index contributed by atoms with van der Waals surface area (Å²) in [4.78, 5) is 14.8.